The quantitative estimate of drug-likeness (QED) is 0.790. The van der Waals surface area contributed by atoms with Crippen molar-refractivity contribution in [2.45, 2.75) is 19.2 Å². The minimum Gasteiger partial charge on any atom is -0.361 e. The highest BCUT2D eigenvalue weighted by atomic mass is 16.5. The molecule has 3 nitrogen and oxygen atoms in total. The van der Waals surface area contributed by atoms with E-state index in [9.17, 15) is 0 Å². The minimum atomic E-state index is 0.165. The molecule has 1 saturated heterocycles. The summed E-state index contributed by atoms with van der Waals surface area (Å²) < 4.78 is 5.72. The Balaban J connectivity index is 1.90. The molecule has 0 amide bonds. The van der Waals surface area contributed by atoms with Crippen molar-refractivity contribution < 1.29 is 4.74 Å². The Morgan fingerprint density at radius 3 is 3.20 bits per heavy atom. The normalized spacial score (nSPS) is 27.9. The molecule has 2 unspecified atom stereocenters. The van der Waals surface area contributed by atoms with Gasteiger partial charge in [0.15, 0.2) is 0 Å². The van der Waals surface area contributed by atoms with Crippen molar-refractivity contribution in [1.29, 1.82) is 0 Å². The lowest BCUT2D eigenvalue weighted by atomic mass is 9.90. The van der Waals surface area contributed by atoms with E-state index >= 15 is 0 Å². The number of benzene rings is 1. The first-order chi connectivity index (χ1) is 7.42. The first-order valence-electron chi connectivity index (χ1n) is 5.62. The maximum absolute atomic E-state index is 5.72. The van der Waals surface area contributed by atoms with Crippen LogP contribution in [-0.2, 0) is 4.74 Å². The fourth-order valence-electron chi connectivity index (χ4n) is 2.61. The molecule has 0 saturated carbocycles. The number of rotatable bonds is 2. The van der Waals surface area contributed by atoms with Crippen molar-refractivity contribution in [2.75, 3.05) is 24.6 Å². The van der Waals surface area contributed by atoms with E-state index in [1.54, 1.807) is 0 Å². The number of piperazine rings is 1. The zero-order valence-electron chi connectivity index (χ0n) is 8.94. The molecule has 0 spiro atoms. The molecule has 1 aromatic rings. The van der Waals surface area contributed by atoms with Gasteiger partial charge in [0.05, 0.1) is 6.04 Å². The molecule has 0 radical (unpaired) electrons. The molecule has 0 aliphatic carbocycles. The summed E-state index contributed by atoms with van der Waals surface area (Å²) in [5.41, 5.74) is 2.80. The van der Waals surface area contributed by atoms with Crippen LogP contribution in [0.4, 0.5) is 5.69 Å². The third kappa shape index (κ3) is 1.27. The Morgan fingerprint density at radius 1 is 1.47 bits per heavy atom. The van der Waals surface area contributed by atoms with Crippen molar-refractivity contribution in [3.63, 3.8) is 0 Å². The number of para-hydroxylation sites is 1. The molecule has 2 aliphatic rings. The van der Waals surface area contributed by atoms with Crippen LogP contribution in [-0.4, -0.2) is 25.9 Å². The summed E-state index contributed by atoms with van der Waals surface area (Å²) >= 11 is 0. The molecule has 0 aromatic heterocycles. The van der Waals surface area contributed by atoms with E-state index < -0.39 is 0 Å². The predicted molar refractivity (Wildman–Crippen MR) is 59.9 cm³/mol. The molecular weight excluding hydrogens is 188 g/mol. The highest BCUT2D eigenvalue weighted by molar-refractivity contribution is 5.66. The van der Waals surface area contributed by atoms with Gasteiger partial charge in [-0.25, -0.2) is 0 Å². The molecule has 1 fully saturated rings. The molecular formula is C12H16N2O. The van der Waals surface area contributed by atoms with Crippen LogP contribution in [0.5, 0.6) is 0 Å². The van der Waals surface area contributed by atoms with Gasteiger partial charge in [0.25, 0.3) is 0 Å². The number of fused-ring (bicyclic) bond motifs is 4. The summed E-state index contributed by atoms with van der Waals surface area (Å²) in [6.45, 7) is 4.91. The van der Waals surface area contributed by atoms with E-state index in [0.29, 0.717) is 6.04 Å². The lowest BCUT2D eigenvalue weighted by Gasteiger charge is -2.51. The summed E-state index contributed by atoms with van der Waals surface area (Å²) in [5, 5.41) is 3.43. The first kappa shape index (κ1) is 9.19. The number of hydrogen-bond acceptors (Lipinski definition) is 3. The van der Waals surface area contributed by atoms with Gasteiger partial charge in [-0.05, 0) is 13.0 Å². The summed E-state index contributed by atoms with van der Waals surface area (Å²) in [5.74, 6) is 0. The molecule has 2 heterocycles. The lowest BCUT2D eigenvalue weighted by molar-refractivity contribution is 0.00309. The summed E-state index contributed by atoms with van der Waals surface area (Å²) in [4.78, 5) is 2.44. The molecule has 0 bridgehead atoms. The number of nitrogens with one attached hydrogen (secondary N) is 1. The van der Waals surface area contributed by atoms with E-state index in [4.69, 9.17) is 4.74 Å². The van der Waals surface area contributed by atoms with Gasteiger partial charge in [-0.15, -0.1) is 0 Å². The first-order valence-corrected chi connectivity index (χ1v) is 5.62. The fourth-order valence-corrected chi connectivity index (χ4v) is 2.61. The Bertz CT molecular complexity index is 364. The van der Waals surface area contributed by atoms with Crippen LogP contribution >= 0.6 is 0 Å². The third-order valence-corrected chi connectivity index (χ3v) is 3.23. The van der Waals surface area contributed by atoms with E-state index in [2.05, 4.69) is 34.5 Å². The van der Waals surface area contributed by atoms with Crippen LogP contribution in [0.15, 0.2) is 24.3 Å². The number of anilines is 1. The lowest BCUT2D eigenvalue weighted by Crippen LogP contribution is -2.58. The van der Waals surface area contributed by atoms with Gasteiger partial charge in [-0.3, -0.25) is 5.32 Å². The second-order valence-electron chi connectivity index (χ2n) is 4.03. The molecule has 1 N–H and O–H groups in total. The Labute approximate surface area is 90.0 Å². The van der Waals surface area contributed by atoms with Gasteiger partial charge in [0.1, 0.15) is 6.23 Å². The molecule has 2 atom stereocenters. The van der Waals surface area contributed by atoms with Gasteiger partial charge in [0.2, 0.25) is 0 Å². The topological polar surface area (TPSA) is 24.5 Å². The summed E-state index contributed by atoms with van der Waals surface area (Å²) in [6, 6.07) is 9.03. The predicted octanol–water partition coefficient (Wildman–Crippen LogP) is 1.51. The van der Waals surface area contributed by atoms with Crippen molar-refractivity contribution in [3.8, 4) is 0 Å². The molecule has 1 aromatic carbocycles. The number of ether oxygens (including phenoxy) is 1. The van der Waals surface area contributed by atoms with Gasteiger partial charge < -0.3 is 9.64 Å². The van der Waals surface area contributed by atoms with Crippen LogP contribution in [0, 0.1) is 0 Å². The number of nitrogens with zero attached hydrogens (tertiary/aromatic N) is 1. The van der Waals surface area contributed by atoms with Crippen molar-refractivity contribution in [3.05, 3.63) is 29.8 Å². The van der Waals surface area contributed by atoms with Crippen molar-refractivity contribution >= 4 is 5.69 Å². The zero-order valence-corrected chi connectivity index (χ0v) is 8.94. The summed E-state index contributed by atoms with van der Waals surface area (Å²) in [6.07, 6.45) is 0.165. The van der Waals surface area contributed by atoms with Crippen molar-refractivity contribution in [2.24, 2.45) is 0 Å². The molecule has 15 heavy (non-hydrogen) atoms. The van der Waals surface area contributed by atoms with Crippen LogP contribution < -0.4 is 10.2 Å². The monoisotopic (exact) mass is 204 g/mol. The van der Waals surface area contributed by atoms with Crippen LogP contribution in [0.2, 0.25) is 0 Å². The van der Waals surface area contributed by atoms with Gasteiger partial charge in [-0.2, -0.15) is 0 Å². The fraction of sp³-hybridized carbons (Fsp3) is 0.500. The maximum atomic E-state index is 5.72. The van der Waals surface area contributed by atoms with E-state index in [0.717, 1.165) is 19.7 Å². The maximum Gasteiger partial charge on any atom is 0.133 e. The Morgan fingerprint density at radius 2 is 2.33 bits per heavy atom. The van der Waals surface area contributed by atoms with E-state index in [-0.39, 0.29) is 6.23 Å². The number of hydrogen-bond donors (Lipinski definition) is 1. The second-order valence-corrected chi connectivity index (χ2v) is 4.03. The van der Waals surface area contributed by atoms with E-state index in [1.807, 2.05) is 6.92 Å². The average molecular weight is 204 g/mol. The zero-order chi connectivity index (χ0) is 10.3. The SMILES string of the molecule is CCOC1NCCN2c3ccccc3C12. The van der Waals surface area contributed by atoms with Crippen LogP contribution in [0.1, 0.15) is 18.5 Å². The average Bonchev–Trinajstić information content (AvgIpc) is 2.26. The summed E-state index contributed by atoms with van der Waals surface area (Å²) in [7, 11) is 0. The van der Waals surface area contributed by atoms with Crippen molar-refractivity contribution in [1.82, 2.24) is 5.32 Å². The smallest absolute Gasteiger partial charge is 0.133 e. The Hall–Kier alpha value is -1.06. The largest absolute Gasteiger partial charge is 0.361 e. The van der Waals surface area contributed by atoms with Crippen LogP contribution in [0.3, 0.4) is 0 Å². The molecule has 3 heteroatoms. The Kier molecular flexibility index (Phi) is 2.15. The van der Waals surface area contributed by atoms with Gasteiger partial charge in [-0.1, -0.05) is 18.2 Å². The highest BCUT2D eigenvalue weighted by Crippen LogP contribution is 2.45. The molecule has 3 rings (SSSR count). The third-order valence-electron chi connectivity index (χ3n) is 3.23. The van der Waals surface area contributed by atoms with Crippen LogP contribution in [0.25, 0.3) is 0 Å². The minimum absolute atomic E-state index is 0.165. The highest BCUT2D eigenvalue weighted by Gasteiger charge is 2.42. The van der Waals surface area contributed by atoms with Gasteiger partial charge >= 0.3 is 0 Å². The van der Waals surface area contributed by atoms with E-state index in [1.165, 1.54) is 11.3 Å². The molecule has 80 valence electrons. The molecule has 2 aliphatic heterocycles. The van der Waals surface area contributed by atoms with Gasteiger partial charge in [0, 0.05) is 30.9 Å². The standard InChI is InChI=1S/C12H16N2O/c1-2-15-12-11-9-5-3-4-6-10(9)14(11)8-7-13-12/h3-6,11-13H,2,7-8H2,1H3. The second kappa shape index (κ2) is 3.51.